The number of hydrogen-bond acceptors (Lipinski definition) is 2. The molecule has 6 aromatic carbocycles. The molecule has 0 aliphatic heterocycles. The van der Waals surface area contributed by atoms with Gasteiger partial charge in [-0.15, -0.1) is 0 Å². The van der Waals surface area contributed by atoms with Crippen LogP contribution in [-0.4, -0.2) is 23.1 Å². The predicted octanol–water partition coefficient (Wildman–Crippen LogP) is 11.4. The minimum absolute atomic E-state index is 0.118. The van der Waals surface area contributed by atoms with Crippen LogP contribution in [-0.2, 0) is 31.8 Å². The monoisotopic (exact) mass is 878 g/mol. The van der Waals surface area contributed by atoms with E-state index in [0.717, 1.165) is 53.7 Å². The Morgan fingerprint density at radius 1 is 0.593 bits per heavy atom. The van der Waals surface area contributed by atoms with Gasteiger partial charge in [-0.25, -0.2) is 0 Å². The first kappa shape index (κ1) is 31.5. The number of benzene rings is 6. The van der Waals surface area contributed by atoms with Crippen molar-refractivity contribution in [1.29, 1.82) is 0 Å². The van der Waals surface area contributed by atoms with Crippen molar-refractivity contribution in [2.24, 2.45) is 7.05 Å². The number of hydrogen-bond donors (Lipinski definition) is 0. The van der Waals surface area contributed by atoms with Gasteiger partial charge in [0.25, 0.3) is 0 Å². The molecule has 54 heavy (non-hydrogen) atoms. The normalized spacial score (nSPS) is 12.6. The van der Waals surface area contributed by atoms with Crippen molar-refractivity contribution >= 4 is 70.9 Å². The molecular weight excluding hydrogens is 846 g/mol. The van der Waals surface area contributed by atoms with Gasteiger partial charge in [-0.2, -0.15) is 0 Å². The molecule has 0 atom stereocenters. The van der Waals surface area contributed by atoms with Crippen molar-refractivity contribution in [2.45, 2.75) is 26.2 Å². The van der Waals surface area contributed by atoms with Gasteiger partial charge >= 0.3 is 220 Å². The van der Waals surface area contributed by atoms with Gasteiger partial charge < -0.3 is 4.40 Å². The molecule has 0 fully saturated rings. The van der Waals surface area contributed by atoms with Crippen molar-refractivity contribution in [1.82, 2.24) is 23.1 Å². The zero-order valence-electron chi connectivity index (χ0n) is 30.1. The van der Waals surface area contributed by atoms with Crippen LogP contribution in [0.4, 0.5) is 0 Å². The van der Waals surface area contributed by atoms with E-state index >= 15 is 0 Å². The van der Waals surface area contributed by atoms with Gasteiger partial charge in [0.1, 0.15) is 0 Å². The van der Waals surface area contributed by atoms with Gasteiger partial charge in [0.05, 0.1) is 16.6 Å². The first-order valence-corrected chi connectivity index (χ1v) is 19.2. The Bertz CT molecular complexity index is 3380. The van der Waals surface area contributed by atoms with Crippen LogP contribution in [0, 0.1) is 15.9 Å². The van der Waals surface area contributed by atoms with E-state index in [9.17, 15) is 0 Å². The van der Waals surface area contributed by atoms with Gasteiger partial charge in [-0.1, -0.05) is 42.5 Å². The second-order valence-electron chi connectivity index (χ2n) is 15.1. The van der Waals surface area contributed by atoms with Crippen LogP contribution < -0.4 is 4.74 Å². The second-order valence-corrected chi connectivity index (χ2v) is 16.2. The van der Waals surface area contributed by atoms with Crippen molar-refractivity contribution in [3.63, 3.8) is 0 Å². The maximum absolute atomic E-state index is 6.76. The van der Waals surface area contributed by atoms with Crippen LogP contribution in [0.1, 0.15) is 26.3 Å². The summed E-state index contributed by atoms with van der Waals surface area (Å²) in [5.74, 6) is 2.09. The molecule has 11 rings (SSSR count). The average Bonchev–Trinajstić information content (AvgIpc) is 3.88. The first-order chi connectivity index (χ1) is 26.2. The topological polar surface area (TPSA) is 41.3 Å². The summed E-state index contributed by atoms with van der Waals surface area (Å²) < 4.78 is 17.0. The Balaban J connectivity index is 1.14. The fourth-order valence-corrected chi connectivity index (χ4v) is 9.20. The van der Waals surface area contributed by atoms with Crippen LogP contribution in [0.5, 0.6) is 11.5 Å². The summed E-state index contributed by atoms with van der Waals surface area (Å²) in [7, 11) is 2.10. The molecule has 0 saturated carbocycles. The van der Waals surface area contributed by atoms with E-state index in [0.29, 0.717) is 11.5 Å². The molecule has 0 N–H and O–H groups in total. The standard InChI is InChI=1S/C47H33N5O.Pt/c1-47(2,3)29-22-30(50-28-49(4)40-16-7-8-17-41(40)50)24-32(23-29)53-31-19-20-34-37-26-38-36-14-11-13-35-33-12-5-6-15-39(33)52(46(35)36)44(38)27-43(37)51(42(34)25-31)45-18-9-10-21-48-45;/h5-23,26-27H,1-4H3;/q-2;. The SMILES string of the molecule is Cn1[c](=[Pt])n(-c2[c-]c(Oc3[c-]c4c(cc3)c3cc5c6cccc7c8ccccc8n(c5cc3n4-c3ccccn3)c76)cc(C(C)(C)C)c2)c2ccccc21. The van der Waals surface area contributed by atoms with Crippen LogP contribution in [0.3, 0.4) is 0 Å². The Labute approximate surface area is 321 Å². The molecule has 0 spiro atoms. The van der Waals surface area contributed by atoms with E-state index in [4.69, 9.17) is 9.72 Å². The fourth-order valence-electron chi connectivity index (χ4n) is 8.37. The van der Waals surface area contributed by atoms with E-state index in [1.807, 2.05) is 24.4 Å². The van der Waals surface area contributed by atoms with Gasteiger partial charge in [0.15, 0.2) is 0 Å². The van der Waals surface area contributed by atoms with Crippen molar-refractivity contribution in [2.75, 3.05) is 0 Å². The summed E-state index contributed by atoms with van der Waals surface area (Å²) >= 11 is 2.40. The molecule has 11 aromatic rings. The summed E-state index contributed by atoms with van der Waals surface area (Å²) in [6, 6.07) is 50.4. The molecule has 0 aliphatic carbocycles. The molecule has 0 amide bonds. The molecule has 0 saturated heterocycles. The number of aryl methyl sites for hydroxylation is 1. The Kier molecular flexibility index (Phi) is 6.58. The molecule has 5 aromatic heterocycles. The van der Waals surface area contributed by atoms with Crippen LogP contribution in [0.25, 0.3) is 82.4 Å². The van der Waals surface area contributed by atoms with Gasteiger partial charge in [0, 0.05) is 27.7 Å². The molecule has 264 valence electrons. The van der Waals surface area contributed by atoms with Crippen molar-refractivity contribution in [3.8, 4) is 23.0 Å². The molecule has 0 radical (unpaired) electrons. The second kappa shape index (κ2) is 11.3. The molecule has 0 unspecified atom stereocenters. The summed E-state index contributed by atoms with van der Waals surface area (Å²) in [6.07, 6.45) is 1.85. The summed E-state index contributed by atoms with van der Waals surface area (Å²) in [5, 5.41) is 7.27. The third-order valence-corrected chi connectivity index (χ3v) is 12.2. The van der Waals surface area contributed by atoms with Crippen LogP contribution in [0.2, 0.25) is 0 Å². The number of nitrogens with zero attached hydrogens (tertiary/aromatic N) is 5. The number of imidazole rings is 1. The number of ether oxygens (including phenoxy) is 1. The van der Waals surface area contributed by atoms with Crippen LogP contribution in [0.15, 0.2) is 128 Å². The third-order valence-electron chi connectivity index (χ3n) is 10.9. The third kappa shape index (κ3) is 4.44. The Morgan fingerprint density at radius 3 is 2.11 bits per heavy atom. The number of aromatic nitrogens is 5. The predicted molar refractivity (Wildman–Crippen MR) is 215 cm³/mol. The fraction of sp³-hybridized carbons (Fsp3) is 0.106. The van der Waals surface area contributed by atoms with Gasteiger partial charge in [0.2, 0.25) is 0 Å². The molecule has 0 bridgehead atoms. The number of para-hydroxylation sites is 4. The summed E-state index contributed by atoms with van der Waals surface area (Å²) in [6.45, 7) is 6.70. The molecular formula is C47H33N5OPt-2. The summed E-state index contributed by atoms with van der Waals surface area (Å²) in [5.41, 5.74) is 9.88. The first-order valence-electron chi connectivity index (χ1n) is 18.1. The van der Waals surface area contributed by atoms with E-state index in [2.05, 4.69) is 181 Å². The van der Waals surface area contributed by atoms with Gasteiger partial charge in [-0.3, -0.25) is 0 Å². The minimum atomic E-state index is -0.118. The maximum atomic E-state index is 6.76. The number of fused-ring (bicyclic) bond motifs is 10. The molecule has 7 heteroatoms. The van der Waals surface area contributed by atoms with Crippen molar-refractivity contribution in [3.05, 3.63) is 149 Å². The van der Waals surface area contributed by atoms with E-state index < -0.39 is 0 Å². The zero-order chi connectivity index (χ0) is 36.5. The van der Waals surface area contributed by atoms with Crippen molar-refractivity contribution < 1.29 is 24.1 Å². The number of pyridine rings is 1. The quantitative estimate of drug-likeness (QED) is 0.165. The van der Waals surface area contributed by atoms with Crippen LogP contribution >= 0.6 is 0 Å². The average molecular weight is 879 g/mol. The van der Waals surface area contributed by atoms with Gasteiger partial charge in [-0.05, 0) is 12.1 Å². The molecule has 5 heterocycles. The Morgan fingerprint density at radius 2 is 1.31 bits per heavy atom. The van der Waals surface area contributed by atoms with E-state index in [1.165, 1.54) is 38.1 Å². The number of rotatable bonds is 4. The molecule has 0 aliphatic rings. The summed E-state index contributed by atoms with van der Waals surface area (Å²) in [4.78, 5) is 4.85. The van der Waals surface area contributed by atoms with E-state index in [1.54, 1.807) is 0 Å². The van der Waals surface area contributed by atoms with E-state index in [-0.39, 0.29) is 5.41 Å². The molecule has 6 nitrogen and oxygen atoms in total. The Hall–Kier alpha value is -5.97. The zero-order valence-corrected chi connectivity index (χ0v) is 32.4.